The van der Waals surface area contributed by atoms with Gasteiger partial charge in [-0.15, -0.1) is 0 Å². The summed E-state index contributed by atoms with van der Waals surface area (Å²) in [7, 11) is 0. The Bertz CT molecular complexity index is 477. The Morgan fingerprint density at radius 3 is 2.81 bits per heavy atom. The number of aromatic amines is 1. The molecular weight excluding hydrogens is 205 g/mol. The molecule has 2 aromatic rings. The van der Waals surface area contributed by atoms with E-state index in [9.17, 15) is 4.39 Å². The number of hydrogen-bond acceptors (Lipinski definition) is 2. The van der Waals surface area contributed by atoms with Crippen LogP contribution in [-0.4, -0.2) is 16.4 Å². The minimum absolute atomic E-state index is 0.398. The number of nitrogens with one attached hydrogen (secondary N) is 1. The molecule has 0 saturated heterocycles. The van der Waals surface area contributed by atoms with Crippen LogP contribution in [0.3, 0.4) is 0 Å². The fraction of sp³-hybridized carbons (Fsp3) is 0.250. The molecule has 1 unspecified atom stereocenters. The Hall–Kier alpha value is -1.84. The summed E-state index contributed by atoms with van der Waals surface area (Å²) in [5, 5.41) is 6.71. The summed E-state index contributed by atoms with van der Waals surface area (Å²) >= 11 is 0. The molecule has 3 N–H and O–H groups in total. The van der Waals surface area contributed by atoms with Gasteiger partial charge in [-0.05, 0) is 12.5 Å². The van der Waals surface area contributed by atoms with Crippen LogP contribution in [0.5, 0.6) is 0 Å². The molecule has 0 fully saturated rings. The van der Waals surface area contributed by atoms with E-state index in [1.807, 2.05) is 24.3 Å². The van der Waals surface area contributed by atoms with E-state index >= 15 is 0 Å². The van der Waals surface area contributed by atoms with Crippen LogP contribution in [0, 0.1) is 0 Å². The van der Waals surface area contributed by atoms with E-state index < -0.39 is 6.17 Å². The number of nitrogens with two attached hydrogens (primary N) is 1. The number of nitrogen functional groups attached to an aromatic ring is 1. The van der Waals surface area contributed by atoms with Gasteiger partial charge in [0.2, 0.25) is 0 Å². The number of alkyl halides is 1. The predicted molar refractivity (Wildman–Crippen MR) is 62.7 cm³/mol. The zero-order valence-corrected chi connectivity index (χ0v) is 9.07. The Labute approximate surface area is 93.5 Å². The maximum Gasteiger partial charge on any atom is 0.145 e. The van der Waals surface area contributed by atoms with Crippen LogP contribution in [0.4, 0.5) is 10.2 Å². The molecule has 16 heavy (non-hydrogen) atoms. The lowest BCUT2D eigenvalue weighted by Crippen LogP contribution is -2.00. The van der Waals surface area contributed by atoms with Crippen molar-refractivity contribution in [2.24, 2.45) is 0 Å². The number of benzene rings is 1. The summed E-state index contributed by atoms with van der Waals surface area (Å²) in [5.41, 5.74) is 8.29. The number of aromatic nitrogens is 2. The highest BCUT2D eigenvalue weighted by Gasteiger charge is 2.09. The second kappa shape index (κ2) is 4.35. The molecule has 1 aromatic heterocycles. The number of H-pyrrole nitrogens is 1. The van der Waals surface area contributed by atoms with E-state index in [-0.39, 0.29) is 0 Å². The van der Waals surface area contributed by atoms with E-state index in [1.165, 1.54) is 0 Å². The van der Waals surface area contributed by atoms with E-state index in [4.69, 9.17) is 5.73 Å². The van der Waals surface area contributed by atoms with Gasteiger partial charge in [0.1, 0.15) is 12.0 Å². The maximum atomic E-state index is 13.0. The Morgan fingerprint density at radius 2 is 2.19 bits per heavy atom. The molecule has 0 aliphatic heterocycles. The molecule has 3 nitrogen and oxygen atoms in total. The van der Waals surface area contributed by atoms with Gasteiger partial charge < -0.3 is 5.73 Å². The van der Waals surface area contributed by atoms with Gasteiger partial charge in [-0.1, -0.05) is 24.3 Å². The van der Waals surface area contributed by atoms with Gasteiger partial charge in [0.25, 0.3) is 0 Å². The Morgan fingerprint density at radius 1 is 1.44 bits per heavy atom. The zero-order chi connectivity index (χ0) is 11.5. The molecule has 1 aromatic carbocycles. The van der Waals surface area contributed by atoms with E-state index in [0.717, 1.165) is 16.8 Å². The molecule has 0 aliphatic carbocycles. The van der Waals surface area contributed by atoms with Crippen LogP contribution < -0.4 is 5.73 Å². The largest absolute Gasteiger partial charge is 0.382 e. The molecule has 0 amide bonds. The molecule has 1 heterocycles. The fourth-order valence-corrected chi connectivity index (χ4v) is 1.74. The van der Waals surface area contributed by atoms with E-state index in [2.05, 4.69) is 10.2 Å². The second-order valence-electron chi connectivity index (χ2n) is 3.85. The third-order valence-electron chi connectivity index (χ3n) is 2.41. The molecule has 0 saturated carbocycles. The van der Waals surface area contributed by atoms with Crippen molar-refractivity contribution in [3.63, 3.8) is 0 Å². The molecule has 0 aliphatic rings. The van der Waals surface area contributed by atoms with Gasteiger partial charge in [-0.2, -0.15) is 5.10 Å². The van der Waals surface area contributed by atoms with Crippen LogP contribution in [0.2, 0.25) is 0 Å². The van der Waals surface area contributed by atoms with Crippen molar-refractivity contribution in [3.8, 4) is 11.3 Å². The standard InChI is InChI=1S/C12H14FN3/c1-8(13)6-9-4-2-3-5-10(9)11-7-12(14)16-15-11/h2-5,7-8H,6H2,1H3,(H3,14,15,16). The molecule has 2 rings (SSSR count). The average molecular weight is 219 g/mol. The van der Waals surface area contributed by atoms with Crippen molar-refractivity contribution < 1.29 is 4.39 Å². The summed E-state index contributed by atoms with van der Waals surface area (Å²) < 4.78 is 13.0. The highest BCUT2D eigenvalue weighted by atomic mass is 19.1. The van der Waals surface area contributed by atoms with Crippen LogP contribution in [0.15, 0.2) is 30.3 Å². The first kappa shape index (κ1) is 10.7. The molecular formula is C12H14FN3. The molecule has 0 radical (unpaired) electrons. The summed E-state index contributed by atoms with van der Waals surface area (Å²) in [6.45, 7) is 1.55. The first-order valence-electron chi connectivity index (χ1n) is 5.20. The van der Waals surface area contributed by atoms with Crippen LogP contribution in [0.25, 0.3) is 11.3 Å². The van der Waals surface area contributed by atoms with Crippen molar-refractivity contribution >= 4 is 5.82 Å². The summed E-state index contributed by atoms with van der Waals surface area (Å²) in [6.07, 6.45) is -0.462. The SMILES string of the molecule is CC(F)Cc1ccccc1-c1cc(N)n[nH]1. The molecule has 1 atom stereocenters. The minimum Gasteiger partial charge on any atom is -0.382 e. The van der Waals surface area contributed by atoms with Gasteiger partial charge in [0.05, 0.1) is 5.69 Å². The molecule has 4 heteroatoms. The number of rotatable bonds is 3. The molecule has 0 bridgehead atoms. The lowest BCUT2D eigenvalue weighted by molar-refractivity contribution is 0.360. The summed E-state index contributed by atoms with van der Waals surface area (Å²) in [5.74, 6) is 0.443. The molecule has 0 spiro atoms. The van der Waals surface area contributed by atoms with Gasteiger partial charge in [-0.3, -0.25) is 5.10 Å². The average Bonchev–Trinajstić information content (AvgIpc) is 2.65. The van der Waals surface area contributed by atoms with Crippen molar-refractivity contribution in [1.82, 2.24) is 10.2 Å². The van der Waals surface area contributed by atoms with Gasteiger partial charge in [0, 0.05) is 18.1 Å². The quantitative estimate of drug-likeness (QED) is 0.833. The monoisotopic (exact) mass is 219 g/mol. The zero-order valence-electron chi connectivity index (χ0n) is 9.07. The lowest BCUT2D eigenvalue weighted by atomic mass is 10.0. The third-order valence-corrected chi connectivity index (χ3v) is 2.41. The smallest absolute Gasteiger partial charge is 0.145 e. The van der Waals surface area contributed by atoms with Crippen LogP contribution in [-0.2, 0) is 6.42 Å². The van der Waals surface area contributed by atoms with Crippen LogP contribution in [0.1, 0.15) is 12.5 Å². The van der Waals surface area contributed by atoms with Gasteiger partial charge >= 0.3 is 0 Å². The summed E-state index contributed by atoms with van der Waals surface area (Å²) in [4.78, 5) is 0. The third kappa shape index (κ3) is 2.21. The van der Waals surface area contributed by atoms with Crippen molar-refractivity contribution in [2.75, 3.05) is 5.73 Å². The van der Waals surface area contributed by atoms with Crippen molar-refractivity contribution in [2.45, 2.75) is 19.5 Å². The second-order valence-corrected chi connectivity index (χ2v) is 3.85. The summed E-state index contributed by atoms with van der Waals surface area (Å²) in [6, 6.07) is 9.43. The highest BCUT2D eigenvalue weighted by molar-refractivity contribution is 5.65. The van der Waals surface area contributed by atoms with Crippen LogP contribution >= 0.6 is 0 Å². The Balaban J connectivity index is 2.40. The van der Waals surface area contributed by atoms with E-state index in [1.54, 1.807) is 13.0 Å². The number of hydrogen-bond donors (Lipinski definition) is 2. The normalized spacial score (nSPS) is 12.6. The molecule has 84 valence electrons. The topological polar surface area (TPSA) is 54.7 Å². The number of nitrogens with zero attached hydrogens (tertiary/aromatic N) is 1. The number of halogens is 1. The van der Waals surface area contributed by atoms with Gasteiger partial charge in [0.15, 0.2) is 0 Å². The first-order valence-corrected chi connectivity index (χ1v) is 5.20. The van der Waals surface area contributed by atoms with E-state index in [0.29, 0.717) is 12.2 Å². The minimum atomic E-state index is -0.860. The van der Waals surface area contributed by atoms with Gasteiger partial charge in [-0.25, -0.2) is 4.39 Å². The lowest BCUT2D eigenvalue weighted by Gasteiger charge is -2.08. The highest BCUT2D eigenvalue weighted by Crippen LogP contribution is 2.24. The van der Waals surface area contributed by atoms with Crippen molar-refractivity contribution in [1.29, 1.82) is 0 Å². The first-order chi connectivity index (χ1) is 7.66. The van der Waals surface area contributed by atoms with Crippen molar-refractivity contribution in [3.05, 3.63) is 35.9 Å². The Kier molecular flexibility index (Phi) is 2.90. The maximum absolute atomic E-state index is 13.0. The number of anilines is 1. The fourth-order valence-electron chi connectivity index (χ4n) is 1.74. The predicted octanol–water partition coefficient (Wildman–Crippen LogP) is 2.56.